The van der Waals surface area contributed by atoms with Gasteiger partial charge < -0.3 is 0 Å². The molecule has 0 amide bonds. The zero-order chi connectivity index (χ0) is 11.8. The van der Waals surface area contributed by atoms with Gasteiger partial charge in [-0.25, -0.2) is 0 Å². The number of rotatable bonds is 2. The van der Waals surface area contributed by atoms with Gasteiger partial charge >= 0.3 is 0 Å². The first-order valence-corrected chi connectivity index (χ1v) is 6.76. The highest BCUT2D eigenvalue weighted by molar-refractivity contribution is 9.11. The fourth-order valence-electron chi connectivity index (χ4n) is 2.67. The fraction of sp³-hybridized carbons (Fsp3) is 0.692. The van der Waals surface area contributed by atoms with Crippen molar-refractivity contribution in [1.29, 1.82) is 0 Å². The van der Waals surface area contributed by atoms with Crippen LogP contribution in [0, 0.1) is 5.41 Å². The number of allylic oxidation sites excluding steroid dienone is 2. The van der Waals surface area contributed by atoms with Gasteiger partial charge in [-0.2, -0.15) is 0 Å². The predicted molar refractivity (Wildman–Crippen MR) is 66.4 cm³/mol. The van der Waals surface area contributed by atoms with Gasteiger partial charge in [0.25, 0.3) is 0 Å². The Labute approximate surface area is 105 Å². The van der Waals surface area contributed by atoms with Crippen molar-refractivity contribution in [2.75, 3.05) is 0 Å². The molecule has 1 saturated carbocycles. The van der Waals surface area contributed by atoms with E-state index in [1.54, 1.807) is 0 Å². The van der Waals surface area contributed by atoms with E-state index >= 15 is 0 Å². The summed E-state index contributed by atoms with van der Waals surface area (Å²) in [5, 5.41) is 0. The minimum atomic E-state index is -0.717. The standard InChI is InChI=1S/C13H17BrO2/c1-13(11(15)6-7-12(13)16)8-9-4-2-3-5-10(9)14/h2-8H2,1H3. The van der Waals surface area contributed by atoms with Gasteiger partial charge in [-0.15, -0.1) is 0 Å². The van der Waals surface area contributed by atoms with Gasteiger partial charge in [-0.05, 0) is 43.5 Å². The highest BCUT2D eigenvalue weighted by atomic mass is 79.9. The van der Waals surface area contributed by atoms with Crippen LogP contribution < -0.4 is 0 Å². The average Bonchev–Trinajstić information content (AvgIpc) is 2.50. The van der Waals surface area contributed by atoms with Gasteiger partial charge in [0, 0.05) is 12.8 Å². The smallest absolute Gasteiger partial charge is 0.146 e. The molecule has 0 aromatic heterocycles. The normalized spacial score (nSPS) is 25.4. The summed E-state index contributed by atoms with van der Waals surface area (Å²) in [7, 11) is 0. The molecule has 16 heavy (non-hydrogen) atoms. The van der Waals surface area contributed by atoms with Gasteiger partial charge in [0.15, 0.2) is 0 Å². The lowest BCUT2D eigenvalue weighted by Gasteiger charge is -2.25. The maximum atomic E-state index is 11.8. The van der Waals surface area contributed by atoms with Crippen LogP contribution in [0.2, 0.25) is 0 Å². The zero-order valence-electron chi connectivity index (χ0n) is 9.64. The molecule has 0 heterocycles. The Morgan fingerprint density at radius 1 is 1.06 bits per heavy atom. The summed E-state index contributed by atoms with van der Waals surface area (Å²) in [5.41, 5.74) is 0.573. The average molecular weight is 285 g/mol. The van der Waals surface area contributed by atoms with E-state index in [1.165, 1.54) is 22.9 Å². The van der Waals surface area contributed by atoms with Crippen molar-refractivity contribution < 1.29 is 9.59 Å². The molecule has 3 heteroatoms. The molecule has 0 radical (unpaired) electrons. The van der Waals surface area contributed by atoms with E-state index in [0.717, 1.165) is 12.8 Å². The molecule has 0 N–H and O–H groups in total. The first kappa shape index (κ1) is 12.0. The van der Waals surface area contributed by atoms with Gasteiger partial charge in [-0.3, -0.25) is 9.59 Å². The summed E-state index contributed by atoms with van der Waals surface area (Å²) < 4.78 is 1.23. The van der Waals surface area contributed by atoms with E-state index in [4.69, 9.17) is 0 Å². The summed E-state index contributed by atoms with van der Waals surface area (Å²) in [6.45, 7) is 1.83. The third-order valence-corrected chi connectivity index (χ3v) is 4.84. The molecular formula is C13H17BrO2. The molecule has 0 spiro atoms. The molecule has 0 aromatic carbocycles. The van der Waals surface area contributed by atoms with Crippen LogP contribution in [0.25, 0.3) is 0 Å². The van der Waals surface area contributed by atoms with E-state index in [0.29, 0.717) is 19.3 Å². The number of ketones is 2. The molecule has 0 saturated heterocycles. The minimum absolute atomic E-state index is 0.135. The molecule has 2 rings (SSSR count). The second-order valence-corrected chi connectivity index (χ2v) is 6.03. The maximum Gasteiger partial charge on any atom is 0.146 e. The van der Waals surface area contributed by atoms with Crippen molar-refractivity contribution in [1.82, 2.24) is 0 Å². The second-order valence-electron chi connectivity index (χ2n) is 5.07. The van der Waals surface area contributed by atoms with Gasteiger partial charge in [0.1, 0.15) is 11.6 Å². The predicted octanol–water partition coefficient (Wildman–Crippen LogP) is 3.54. The molecule has 2 nitrogen and oxygen atoms in total. The SMILES string of the molecule is CC1(CC2=C(Br)CCCC2)C(=O)CCC1=O. The number of halogens is 1. The van der Waals surface area contributed by atoms with E-state index in [2.05, 4.69) is 15.9 Å². The van der Waals surface area contributed by atoms with Crippen molar-refractivity contribution in [3.63, 3.8) is 0 Å². The first-order chi connectivity index (χ1) is 7.54. The number of hydrogen-bond donors (Lipinski definition) is 0. The molecule has 0 bridgehead atoms. The minimum Gasteiger partial charge on any atom is -0.299 e. The topological polar surface area (TPSA) is 34.1 Å². The largest absolute Gasteiger partial charge is 0.299 e. The van der Waals surface area contributed by atoms with Gasteiger partial charge in [0.2, 0.25) is 0 Å². The van der Waals surface area contributed by atoms with E-state index in [1.807, 2.05) is 6.92 Å². The molecule has 2 aliphatic carbocycles. The molecule has 2 aliphatic rings. The molecule has 0 aliphatic heterocycles. The second kappa shape index (κ2) is 4.44. The Hall–Kier alpha value is -0.440. The quantitative estimate of drug-likeness (QED) is 0.727. The van der Waals surface area contributed by atoms with Crippen molar-refractivity contribution in [2.45, 2.75) is 51.9 Å². The van der Waals surface area contributed by atoms with Crippen molar-refractivity contribution >= 4 is 27.5 Å². The number of hydrogen-bond acceptors (Lipinski definition) is 2. The van der Waals surface area contributed by atoms with Gasteiger partial charge in [-0.1, -0.05) is 21.5 Å². The monoisotopic (exact) mass is 284 g/mol. The van der Waals surface area contributed by atoms with E-state index in [-0.39, 0.29) is 11.6 Å². The molecule has 0 unspecified atom stereocenters. The molecular weight excluding hydrogens is 268 g/mol. The highest BCUT2D eigenvalue weighted by Crippen LogP contribution is 2.41. The van der Waals surface area contributed by atoms with Gasteiger partial charge in [0.05, 0.1) is 5.41 Å². The Kier molecular flexibility index (Phi) is 3.34. The van der Waals surface area contributed by atoms with Crippen molar-refractivity contribution in [3.05, 3.63) is 10.1 Å². The highest BCUT2D eigenvalue weighted by Gasteiger charge is 2.45. The fourth-order valence-corrected chi connectivity index (χ4v) is 3.29. The lowest BCUT2D eigenvalue weighted by molar-refractivity contribution is -0.133. The Bertz CT molecular complexity index is 352. The summed E-state index contributed by atoms with van der Waals surface area (Å²) in [5.74, 6) is 0.270. The van der Waals surface area contributed by atoms with Crippen molar-refractivity contribution in [2.24, 2.45) is 5.41 Å². The van der Waals surface area contributed by atoms with E-state index < -0.39 is 5.41 Å². The third-order valence-electron chi connectivity index (χ3n) is 3.89. The van der Waals surface area contributed by atoms with Crippen LogP contribution in [0.3, 0.4) is 0 Å². The van der Waals surface area contributed by atoms with Crippen LogP contribution in [0.1, 0.15) is 51.9 Å². The van der Waals surface area contributed by atoms with E-state index in [9.17, 15) is 9.59 Å². The van der Waals surface area contributed by atoms with Crippen molar-refractivity contribution in [3.8, 4) is 0 Å². The lowest BCUT2D eigenvalue weighted by atomic mass is 9.78. The van der Waals surface area contributed by atoms with Crippen LogP contribution in [0.5, 0.6) is 0 Å². The summed E-state index contributed by atoms with van der Waals surface area (Å²) in [6.07, 6.45) is 6.03. The van der Waals surface area contributed by atoms with Crippen LogP contribution in [0.15, 0.2) is 10.1 Å². The zero-order valence-corrected chi connectivity index (χ0v) is 11.2. The van der Waals surface area contributed by atoms with Crippen LogP contribution >= 0.6 is 15.9 Å². The molecule has 0 aromatic rings. The Balaban J connectivity index is 2.20. The molecule has 0 atom stereocenters. The number of carbonyl (C=O) groups is 2. The third kappa shape index (κ3) is 2.02. The molecule has 88 valence electrons. The summed E-state index contributed by atoms with van der Waals surface area (Å²) in [4.78, 5) is 23.7. The lowest BCUT2D eigenvalue weighted by Crippen LogP contribution is -2.30. The molecule has 1 fully saturated rings. The van der Waals surface area contributed by atoms with Crippen LogP contribution in [-0.4, -0.2) is 11.6 Å². The first-order valence-electron chi connectivity index (χ1n) is 5.97. The number of Topliss-reactive ketones (excluding diaryl/α,β-unsaturated/α-hetero) is 2. The Morgan fingerprint density at radius 2 is 1.62 bits per heavy atom. The Morgan fingerprint density at radius 3 is 2.19 bits per heavy atom. The summed E-state index contributed by atoms with van der Waals surface area (Å²) in [6, 6.07) is 0. The number of carbonyl (C=O) groups excluding carboxylic acids is 2. The maximum absolute atomic E-state index is 11.8. The van der Waals surface area contributed by atoms with Crippen LogP contribution in [-0.2, 0) is 9.59 Å². The van der Waals surface area contributed by atoms with Crippen LogP contribution in [0.4, 0.5) is 0 Å². The summed E-state index contributed by atoms with van der Waals surface area (Å²) >= 11 is 3.58.